The van der Waals surface area contributed by atoms with Gasteiger partial charge in [-0.2, -0.15) is 0 Å². The summed E-state index contributed by atoms with van der Waals surface area (Å²) in [5.41, 5.74) is 5.76. The van der Waals surface area contributed by atoms with Crippen molar-refractivity contribution in [3.63, 3.8) is 0 Å². The van der Waals surface area contributed by atoms with E-state index in [1.54, 1.807) is 24.3 Å². The van der Waals surface area contributed by atoms with Gasteiger partial charge >= 0.3 is 6.03 Å². The maximum Gasteiger partial charge on any atom is 0.323 e. The van der Waals surface area contributed by atoms with Gasteiger partial charge in [-0.3, -0.25) is 4.79 Å². The highest BCUT2D eigenvalue weighted by Gasteiger charge is 2.18. The molecule has 2 N–H and O–H groups in total. The number of carbonyl (C=O) groups excluding carboxylic acids is 2. The molecule has 0 unspecified atom stereocenters. The molecule has 0 radical (unpaired) electrons. The Morgan fingerprint density at radius 2 is 1.45 bits per heavy atom. The van der Waals surface area contributed by atoms with Crippen LogP contribution in [0.4, 0.5) is 16.2 Å². The second-order valence-electron chi connectivity index (χ2n) is 7.88. The van der Waals surface area contributed by atoms with Crippen molar-refractivity contribution in [3.05, 3.63) is 118 Å². The third-order valence-corrected chi connectivity index (χ3v) is 5.73. The van der Waals surface area contributed by atoms with Gasteiger partial charge in [0, 0.05) is 41.1 Å². The number of hydrogen-bond donors (Lipinski definition) is 2. The second-order valence-corrected chi connectivity index (χ2v) is 8.32. The summed E-state index contributed by atoms with van der Waals surface area (Å²) in [6.45, 7) is 1.95. The SMILES string of the molecule is Cc1cc(Cc2ccc(NC(=O)Nc3ccccc3)cc2)n(C)c1C(=O)c1ccc(Cl)cc1. The number of benzene rings is 3. The van der Waals surface area contributed by atoms with Crippen LogP contribution < -0.4 is 10.6 Å². The average molecular weight is 458 g/mol. The zero-order chi connectivity index (χ0) is 23.4. The molecular formula is C27H24ClN3O2. The van der Waals surface area contributed by atoms with Crippen molar-refractivity contribution in [3.8, 4) is 0 Å². The van der Waals surface area contributed by atoms with E-state index in [9.17, 15) is 9.59 Å². The van der Waals surface area contributed by atoms with E-state index in [4.69, 9.17) is 11.6 Å². The van der Waals surface area contributed by atoms with Crippen LogP contribution in [0.3, 0.4) is 0 Å². The van der Waals surface area contributed by atoms with Crippen LogP contribution in [0.25, 0.3) is 0 Å². The lowest BCUT2D eigenvalue weighted by molar-refractivity contribution is 0.103. The van der Waals surface area contributed by atoms with Gasteiger partial charge in [-0.1, -0.05) is 41.9 Å². The maximum atomic E-state index is 13.0. The summed E-state index contributed by atoms with van der Waals surface area (Å²) in [5.74, 6) is -0.0260. The molecule has 6 heteroatoms. The molecule has 0 fully saturated rings. The molecule has 1 heterocycles. The highest BCUT2D eigenvalue weighted by molar-refractivity contribution is 6.30. The lowest BCUT2D eigenvalue weighted by Gasteiger charge is -2.10. The van der Waals surface area contributed by atoms with Crippen molar-refractivity contribution in [1.29, 1.82) is 0 Å². The fourth-order valence-electron chi connectivity index (χ4n) is 3.79. The van der Waals surface area contributed by atoms with Crippen LogP contribution in [0.5, 0.6) is 0 Å². The number of carbonyl (C=O) groups is 2. The van der Waals surface area contributed by atoms with Crippen LogP contribution in [0.2, 0.25) is 5.02 Å². The first-order valence-corrected chi connectivity index (χ1v) is 11.0. The maximum absolute atomic E-state index is 13.0. The summed E-state index contributed by atoms with van der Waals surface area (Å²) in [5, 5.41) is 6.23. The Morgan fingerprint density at radius 1 is 0.848 bits per heavy atom. The molecule has 0 saturated carbocycles. The monoisotopic (exact) mass is 457 g/mol. The number of amides is 2. The molecule has 2 amide bonds. The van der Waals surface area contributed by atoms with Crippen LogP contribution in [-0.4, -0.2) is 16.4 Å². The van der Waals surface area contributed by atoms with Gasteiger partial charge in [0.2, 0.25) is 5.78 Å². The number of para-hydroxylation sites is 1. The lowest BCUT2D eigenvalue weighted by Crippen LogP contribution is -2.19. The first kappa shape index (κ1) is 22.4. The van der Waals surface area contributed by atoms with Crippen LogP contribution in [0.1, 0.15) is 32.9 Å². The predicted octanol–water partition coefficient (Wildman–Crippen LogP) is 6.45. The first-order valence-electron chi connectivity index (χ1n) is 10.6. The summed E-state index contributed by atoms with van der Waals surface area (Å²) < 4.78 is 1.95. The topological polar surface area (TPSA) is 63.1 Å². The minimum Gasteiger partial charge on any atom is -0.344 e. The zero-order valence-electron chi connectivity index (χ0n) is 18.4. The van der Waals surface area contributed by atoms with E-state index < -0.39 is 0 Å². The molecule has 3 aromatic carbocycles. The molecule has 1 aromatic heterocycles. The Bertz CT molecular complexity index is 1280. The number of nitrogens with one attached hydrogen (secondary N) is 2. The van der Waals surface area contributed by atoms with Crippen LogP contribution in [-0.2, 0) is 13.5 Å². The molecule has 5 nitrogen and oxygen atoms in total. The van der Waals surface area contributed by atoms with Gasteiger partial charge in [-0.15, -0.1) is 0 Å². The van der Waals surface area contributed by atoms with Crippen molar-refractivity contribution >= 4 is 34.8 Å². The number of nitrogens with zero attached hydrogens (tertiary/aromatic N) is 1. The minimum atomic E-state index is -0.294. The molecular weight excluding hydrogens is 434 g/mol. The minimum absolute atomic E-state index is 0.0260. The van der Waals surface area contributed by atoms with Crippen LogP contribution in [0.15, 0.2) is 84.9 Å². The molecule has 166 valence electrons. The van der Waals surface area contributed by atoms with Crippen molar-refractivity contribution in [1.82, 2.24) is 4.57 Å². The molecule has 4 rings (SSSR count). The Morgan fingerprint density at radius 3 is 2.09 bits per heavy atom. The van der Waals surface area contributed by atoms with E-state index in [2.05, 4.69) is 10.6 Å². The second kappa shape index (κ2) is 9.76. The van der Waals surface area contributed by atoms with Crippen LogP contribution >= 0.6 is 11.6 Å². The number of halogens is 1. The average Bonchev–Trinajstić information content (AvgIpc) is 3.08. The fourth-order valence-corrected chi connectivity index (χ4v) is 3.92. The molecule has 0 atom stereocenters. The summed E-state index contributed by atoms with van der Waals surface area (Å²) in [6.07, 6.45) is 0.668. The largest absolute Gasteiger partial charge is 0.344 e. The van der Waals surface area contributed by atoms with E-state index in [1.165, 1.54) is 0 Å². The summed E-state index contributed by atoms with van der Waals surface area (Å²) in [7, 11) is 1.91. The van der Waals surface area contributed by atoms with Gasteiger partial charge in [0.1, 0.15) is 0 Å². The van der Waals surface area contributed by atoms with Crippen molar-refractivity contribution in [2.45, 2.75) is 13.3 Å². The van der Waals surface area contributed by atoms with Crippen molar-refractivity contribution in [2.24, 2.45) is 7.05 Å². The van der Waals surface area contributed by atoms with Gasteiger partial charge in [0.05, 0.1) is 5.69 Å². The van der Waals surface area contributed by atoms with E-state index in [0.29, 0.717) is 28.4 Å². The van der Waals surface area contributed by atoms with Gasteiger partial charge in [0.15, 0.2) is 0 Å². The third kappa shape index (κ3) is 5.33. The number of ketones is 1. The number of urea groups is 1. The summed E-state index contributed by atoms with van der Waals surface area (Å²) >= 11 is 5.95. The Balaban J connectivity index is 1.44. The number of aryl methyl sites for hydroxylation is 1. The lowest BCUT2D eigenvalue weighted by atomic mass is 10.1. The number of rotatable bonds is 6. The predicted molar refractivity (Wildman–Crippen MR) is 133 cm³/mol. The molecule has 33 heavy (non-hydrogen) atoms. The van der Waals surface area contributed by atoms with Crippen molar-refractivity contribution in [2.75, 3.05) is 10.6 Å². The summed E-state index contributed by atoms with van der Waals surface area (Å²) in [4.78, 5) is 25.2. The number of anilines is 2. The molecule has 0 spiro atoms. The standard InChI is InChI=1S/C27H24ClN3O2/c1-18-16-24(31(2)25(18)26(32)20-10-12-21(28)13-11-20)17-19-8-14-23(15-9-19)30-27(33)29-22-6-4-3-5-7-22/h3-16H,17H2,1-2H3,(H2,29,30,33). The van der Waals surface area contributed by atoms with Crippen LogP contribution in [0, 0.1) is 6.92 Å². The first-order chi connectivity index (χ1) is 15.9. The molecule has 0 bridgehead atoms. The molecule has 0 aliphatic rings. The third-order valence-electron chi connectivity index (χ3n) is 5.47. The van der Waals surface area contributed by atoms with E-state index in [-0.39, 0.29) is 11.8 Å². The van der Waals surface area contributed by atoms with Gasteiger partial charge in [-0.05, 0) is 72.6 Å². The quantitative estimate of drug-likeness (QED) is 0.327. The number of hydrogen-bond acceptors (Lipinski definition) is 2. The van der Waals surface area contributed by atoms with Crippen molar-refractivity contribution < 1.29 is 9.59 Å². The van der Waals surface area contributed by atoms with Gasteiger partial charge in [0.25, 0.3) is 0 Å². The van der Waals surface area contributed by atoms with E-state index in [0.717, 1.165) is 22.5 Å². The molecule has 4 aromatic rings. The number of aromatic nitrogens is 1. The highest BCUT2D eigenvalue weighted by atomic mass is 35.5. The van der Waals surface area contributed by atoms with E-state index >= 15 is 0 Å². The fraction of sp³-hybridized carbons (Fsp3) is 0.111. The Kier molecular flexibility index (Phi) is 6.61. The smallest absolute Gasteiger partial charge is 0.323 e. The molecule has 0 saturated heterocycles. The highest BCUT2D eigenvalue weighted by Crippen LogP contribution is 2.22. The van der Waals surface area contributed by atoms with Gasteiger partial charge in [-0.25, -0.2) is 4.79 Å². The zero-order valence-corrected chi connectivity index (χ0v) is 19.2. The summed E-state index contributed by atoms with van der Waals surface area (Å²) in [6, 6.07) is 25.7. The van der Waals surface area contributed by atoms with E-state index in [1.807, 2.05) is 79.2 Å². The molecule has 0 aliphatic carbocycles. The molecule has 0 aliphatic heterocycles. The van der Waals surface area contributed by atoms with Gasteiger partial charge < -0.3 is 15.2 Å². The Hall–Kier alpha value is -3.83. The Labute approximate surface area is 198 Å². The normalized spacial score (nSPS) is 10.6.